The molecule has 0 aliphatic carbocycles. The summed E-state index contributed by atoms with van der Waals surface area (Å²) in [5.41, 5.74) is 0. The Morgan fingerprint density at radius 1 is 0.562 bits per heavy atom. The summed E-state index contributed by atoms with van der Waals surface area (Å²) in [6.07, 6.45) is 38.2. The molecule has 7 atom stereocenters. The minimum absolute atomic E-state index is 0.225. The largest absolute Gasteiger partial charge is 0.397 e. The highest BCUT2D eigenvalue weighted by Gasteiger charge is 2.48. The lowest BCUT2D eigenvalue weighted by molar-refractivity contribution is -0.298. The standard InChI is InChI=1S/C51H101NO11S/c1-3-5-7-9-11-13-15-17-18-19-20-21-22-23-24-25-26-27-29-30-32-34-36-38-40-45(54)44(43-61-51-49(57)50(63-64(58,59)60)48(56)46(42-53)62-51)52-47(55)41-39-37-35-33-31-28-16-14-12-10-8-6-4-2/h44-46,48-51,53-54,56-57H,3-43H2,1-2H3,(H,52,55)(H,58,59,60). The SMILES string of the molecule is CCCCCCCCCCCCCCCCCCCCCCCCCCC(O)C(COC1OC(CO)C(O)C(OS(=O)(=O)O)C1O)NC(=O)CCCCCCCCCCCCCCC. The van der Waals surface area contributed by atoms with Crippen molar-refractivity contribution in [1.82, 2.24) is 5.32 Å². The van der Waals surface area contributed by atoms with Crippen molar-refractivity contribution >= 4 is 16.3 Å². The van der Waals surface area contributed by atoms with Crippen LogP contribution in [0.4, 0.5) is 0 Å². The number of carbonyl (C=O) groups is 1. The van der Waals surface area contributed by atoms with Crippen molar-refractivity contribution in [1.29, 1.82) is 0 Å². The summed E-state index contributed by atoms with van der Waals surface area (Å²) in [5.74, 6) is -0.225. The average Bonchev–Trinajstić information content (AvgIpc) is 3.27. The molecule has 12 nitrogen and oxygen atoms in total. The molecule has 1 heterocycles. The minimum Gasteiger partial charge on any atom is -0.394 e. The number of rotatable bonds is 47. The first-order valence-corrected chi connectivity index (χ1v) is 28.3. The molecule has 1 fully saturated rings. The first kappa shape index (κ1) is 61.1. The van der Waals surface area contributed by atoms with Gasteiger partial charge in [-0.3, -0.25) is 9.35 Å². The zero-order chi connectivity index (χ0) is 46.9. The zero-order valence-corrected chi connectivity index (χ0v) is 41.9. The van der Waals surface area contributed by atoms with Gasteiger partial charge in [-0.2, -0.15) is 8.42 Å². The molecule has 1 saturated heterocycles. The van der Waals surface area contributed by atoms with Crippen LogP contribution in [0.2, 0.25) is 0 Å². The number of aliphatic hydroxyl groups is 4. The van der Waals surface area contributed by atoms with Gasteiger partial charge in [0, 0.05) is 6.42 Å². The minimum atomic E-state index is -5.07. The molecule has 1 aliphatic rings. The van der Waals surface area contributed by atoms with Crippen LogP contribution in [-0.4, -0.2) is 95.4 Å². The van der Waals surface area contributed by atoms with Crippen LogP contribution in [0.1, 0.15) is 264 Å². The van der Waals surface area contributed by atoms with Gasteiger partial charge in [-0.1, -0.05) is 245 Å². The summed E-state index contributed by atoms with van der Waals surface area (Å²) in [5, 5.41) is 45.0. The highest BCUT2D eigenvalue weighted by Crippen LogP contribution is 2.26. The van der Waals surface area contributed by atoms with Gasteiger partial charge in [0.05, 0.1) is 25.4 Å². The van der Waals surface area contributed by atoms with Gasteiger partial charge in [0.25, 0.3) is 0 Å². The molecular weight excluding hydrogens is 835 g/mol. The maximum Gasteiger partial charge on any atom is 0.397 e. The fourth-order valence-corrected chi connectivity index (χ4v) is 9.50. The summed E-state index contributed by atoms with van der Waals surface area (Å²) >= 11 is 0. The van der Waals surface area contributed by atoms with Crippen LogP contribution in [0.5, 0.6) is 0 Å². The molecule has 0 radical (unpaired) electrons. The Morgan fingerprint density at radius 3 is 1.25 bits per heavy atom. The number of ether oxygens (including phenoxy) is 2. The molecule has 0 aromatic carbocycles. The molecular formula is C51H101NO11S. The van der Waals surface area contributed by atoms with Gasteiger partial charge >= 0.3 is 10.4 Å². The molecule has 0 saturated carbocycles. The molecule has 382 valence electrons. The summed E-state index contributed by atoms with van der Waals surface area (Å²) in [4.78, 5) is 13.1. The second-order valence-corrected chi connectivity index (χ2v) is 20.2. The fourth-order valence-electron chi connectivity index (χ4n) is 8.99. The highest BCUT2D eigenvalue weighted by molar-refractivity contribution is 7.80. The Balaban J connectivity index is 2.35. The van der Waals surface area contributed by atoms with Gasteiger partial charge in [-0.05, 0) is 12.8 Å². The van der Waals surface area contributed by atoms with Gasteiger partial charge < -0.3 is 35.2 Å². The predicted octanol–water partition coefficient (Wildman–Crippen LogP) is 11.7. The van der Waals surface area contributed by atoms with E-state index >= 15 is 0 Å². The smallest absolute Gasteiger partial charge is 0.394 e. The zero-order valence-electron chi connectivity index (χ0n) is 41.1. The number of aliphatic hydroxyl groups excluding tert-OH is 4. The lowest BCUT2D eigenvalue weighted by atomic mass is 9.99. The van der Waals surface area contributed by atoms with Crippen LogP contribution in [0.3, 0.4) is 0 Å². The van der Waals surface area contributed by atoms with Crippen molar-refractivity contribution in [3.63, 3.8) is 0 Å². The van der Waals surface area contributed by atoms with E-state index in [0.29, 0.717) is 12.8 Å². The molecule has 0 aromatic rings. The summed E-state index contributed by atoms with van der Waals surface area (Å²) in [7, 11) is -5.07. The Morgan fingerprint density at radius 2 is 0.906 bits per heavy atom. The monoisotopic (exact) mass is 936 g/mol. The van der Waals surface area contributed by atoms with Crippen molar-refractivity contribution < 1.29 is 51.8 Å². The number of hydrogen-bond acceptors (Lipinski definition) is 10. The third-order valence-electron chi connectivity index (χ3n) is 13.2. The van der Waals surface area contributed by atoms with Crippen molar-refractivity contribution in [2.75, 3.05) is 13.2 Å². The van der Waals surface area contributed by atoms with Gasteiger partial charge in [0.15, 0.2) is 6.29 Å². The number of amides is 1. The van der Waals surface area contributed by atoms with Crippen molar-refractivity contribution in [2.45, 2.75) is 307 Å². The molecule has 7 unspecified atom stereocenters. The van der Waals surface area contributed by atoms with E-state index in [2.05, 4.69) is 23.3 Å². The van der Waals surface area contributed by atoms with E-state index in [9.17, 15) is 38.2 Å². The number of carbonyl (C=O) groups excluding carboxylic acids is 1. The van der Waals surface area contributed by atoms with Crippen LogP contribution in [0.25, 0.3) is 0 Å². The van der Waals surface area contributed by atoms with Crippen LogP contribution in [0.15, 0.2) is 0 Å². The highest BCUT2D eigenvalue weighted by atomic mass is 32.3. The fraction of sp³-hybridized carbons (Fsp3) is 0.980. The number of unbranched alkanes of at least 4 members (excludes halogenated alkanes) is 35. The first-order chi connectivity index (χ1) is 31.0. The molecule has 6 N–H and O–H groups in total. The van der Waals surface area contributed by atoms with Crippen LogP contribution >= 0.6 is 0 Å². The molecule has 0 bridgehead atoms. The van der Waals surface area contributed by atoms with Gasteiger partial charge in [0.2, 0.25) is 5.91 Å². The maximum absolute atomic E-state index is 13.1. The molecule has 1 rings (SSSR count). The predicted molar refractivity (Wildman–Crippen MR) is 259 cm³/mol. The van der Waals surface area contributed by atoms with E-state index in [4.69, 9.17) is 9.47 Å². The molecule has 1 amide bonds. The van der Waals surface area contributed by atoms with E-state index in [1.54, 1.807) is 0 Å². The maximum atomic E-state index is 13.1. The number of nitrogens with one attached hydrogen (secondary N) is 1. The molecule has 13 heteroatoms. The Kier molecular flexibility index (Phi) is 40.3. The average molecular weight is 936 g/mol. The summed E-state index contributed by atoms with van der Waals surface area (Å²) < 4.78 is 47.8. The van der Waals surface area contributed by atoms with E-state index in [0.717, 1.165) is 51.4 Å². The van der Waals surface area contributed by atoms with E-state index in [1.807, 2.05) is 0 Å². The lowest BCUT2D eigenvalue weighted by Crippen LogP contribution is -2.61. The lowest BCUT2D eigenvalue weighted by Gasteiger charge is -2.41. The molecule has 0 spiro atoms. The van der Waals surface area contributed by atoms with E-state index in [-0.39, 0.29) is 12.5 Å². The molecule has 64 heavy (non-hydrogen) atoms. The van der Waals surface area contributed by atoms with Crippen molar-refractivity contribution in [3.8, 4) is 0 Å². The second-order valence-electron chi connectivity index (χ2n) is 19.2. The quantitative estimate of drug-likeness (QED) is 0.0251. The van der Waals surface area contributed by atoms with E-state index in [1.165, 1.54) is 186 Å². The first-order valence-electron chi connectivity index (χ1n) is 26.9. The Labute approximate surface area is 392 Å². The van der Waals surface area contributed by atoms with E-state index < -0.39 is 59.9 Å². The Hall–Kier alpha value is -0.900. The van der Waals surface area contributed by atoms with Gasteiger partial charge in [-0.15, -0.1) is 0 Å². The van der Waals surface area contributed by atoms with Gasteiger partial charge in [0.1, 0.15) is 24.4 Å². The Bertz CT molecular complexity index is 1150. The molecule has 1 aliphatic heterocycles. The van der Waals surface area contributed by atoms with Crippen LogP contribution in [-0.2, 0) is 28.9 Å². The third-order valence-corrected chi connectivity index (χ3v) is 13.6. The summed E-state index contributed by atoms with van der Waals surface area (Å²) in [6, 6.07) is -0.852. The third kappa shape index (κ3) is 34.4. The normalized spacial score (nSPS) is 20.1. The molecule has 0 aromatic heterocycles. The van der Waals surface area contributed by atoms with Crippen LogP contribution in [0, 0.1) is 0 Å². The summed E-state index contributed by atoms with van der Waals surface area (Å²) in [6.45, 7) is 3.48. The van der Waals surface area contributed by atoms with Gasteiger partial charge in [-0.25, -0.2) is 4.18 Å². The van der Waals surface area contributed by atoms with Crippen molar-refractivity contribution in [3.05, 3.63) is 0 Å². The van der Waals surface area contributed by atoms with Crippen molar-refractivity contribution in [2.24, 2.45) is 0 Å². The van der Waals surface area contributed by atoms with Crippen LogP contribution < -0.4 is 5.32 Å². The topological polar surface area (TPSA) is 192 Å². The number of hydrogen-bond donors (Lipinski definition) is 6. The second kappa shape index (κ2) is 42.2.